The third-order valence-electron chi connectivity index (χ3n) is 5.57. The van der Waals surface area contributed by atoms with E-state index in [1.807, 2.05) is 65.4 Å². The molecule has 158 valence electrons. The van der Waals surface area contributed by atoms with E-state index < -0.39 is 11.6 Å². The Bertz CT molecular complexity index is 942. The first kappa shape index (κ1) is 21.0. The average molecular weight is 428 g/mol. The molecule has 0 aliphatic carbocycles. The van der Waals surface area contributed by atoms with Crippen LogP contribution in [0.15, 0.2) is 67.0 Å². The van der Waals surface area contributed by atoms with Crippen molar-refractivity contribution in [1.29, 1.82) is 0 Å². The molecule has 30 heavy (non-hydrogen) atoms. The van der Waals surface area contributed by atoms with Crippen LogP contribution < -0.4 is 0 Å². The minimum Gasteiger partial charge on any atom is -0.379 e. The number of aromatic nitrogens is 2. The van der Waals surface area contributed by atoms with Crippen molar-refractivity contribution in [1.82, 2.24) is 14.5 Å². The first-order valence-corrected chi connectivity index (χ1v) is 10.4. The largest absolute Gasteiger partial charge is 0.379 e. The topological polar surface area (TPSA) is 59.8 Å². The zero-order valence-corrected chi connectivity index (χ0v) is 17.7. The van der Waals surface area contributed by atoms with E-state index in [2.05, 4.69) is 9.88 Å². The van der Waals surface area contributed by atoms with Crippen LogP contribution in [0.4, 0.5) is 0 Å². The van der Waals surface area contributed by atoms with Gasteiger partial charge < -0.3 is 19.1 Å². The summed E-state index contributed by atoms with van der Waals surface area (Å²) < 4.78 is 12.9. The number of methoxy groups -OCH3 is 1. The van der Waals surface area contributed by atoms with Crippen LogP contribution in [0.25, 0.3) is 0 Å². The third-order valence-corrected chi connectivity index (χ3v) is 5.82. The fourth-order valence-corrected chi connectivity index (χ4v) is 4.27. The fourth-order valence-electron chi connectivity index (χ4n) is 4.15. The molecule has 0 spiro atoms. The molecule has 2 unspecified atom stereocenters. The predicted octanol–water partition coefficient (Wildman–Crippen LogP) is 3.45. The summed E-state index contributed by atoms with van der Waals surface area (Å²) in [5.74, 6) is 0.736. The van der Waals surface area contributed by atoms with Gasteiger partial charge in [-0.15, -0.1) is 0 Å². The summed E-state index contributed by atoms with van der Waals surface area (Å²) in [5, 5.41) is 13.1. The van der Waals surface area contributed by atoms with Gasteiger partial charge in [0.2, 0.25) is 0 Å². The van der Waals surface area contributed by atoms with Gasteiger partial charge in [0.05, 0.1) is 13.2 Å². The summed E-state index contributed by atoms with van der Waals surface area (Å²) in [7, 11) is 1.65. The SMILES string of the molecule is COCn1ccnc1C(N1CCOCC1)C(O)(c1ccccc1)c1ccc(Cl)cc1. The summed E-state index contributed by atoms with van der Waals surface area (Å²) in [6.45, 7) is 2.93. The van der Waals surface area contributed by atoms with Crippen LogP contribution in [0.1, 0.15) is 23.0 Å². The van der Waals surface area contributed by atoms with Gasteiger partial charge in [0.25, 0.3) is 0 Å². The molecule has 2 aromatic carbocycles. The third kappa shape index (κ3) is 4.02. The Kier molecular flexibility index (Phi) is 6.51. The van der Waals surface area contributed by atoms with E-state index in [-0.39, 0.29) is 0 Å². The number of hydrogen-bond acceptors (Lipinski definition) is 5. The molecule has 1 N–H and O–H groups in total. The maximum absolute atomic E-state index is 12.5. The summed E-state index contributed by atoms with van der Waals surface area (Å²) in [6, 6.07) is 16.7. The number of aliphatic hydroxyl groups is 1. The molecular formula is C23H26ClN3O3. The number of rotatable bonds is 7. The number of benzene rings is 2. The molecule has 3 aromatic rings. The second kappa shape index (κ2) is 9.29. The van der Waals surface area contributed by atoms with Gasteiger partial charge in [-0.3, -0.25) is 4.90 Å². The van der Waals surface area contributed by atoms with Crippen LogP contribution >= 0.6 is 11.6 Å². The van der Waals surface area contributed by atoms with Crippen molar-refractivity contribution < 1.29 is 14.6 Å². The predicted molar refractivity (Wildman–Crippen MR) is 115 cm³/mol. The zero-order valence-electron chi connectivity index (χ0n) is 16.9. The highest BCUT2D eigenvalue weighted by molar-refractivity contribution is 6.30. The number of ether oxygens (including phenoxy) is 2. The molecule has 0 saturated carbocycles. The van der Waals surface area contributed by atoms with Crippen LogP contribution in [0.5, 0.6) is 0 Å². The summed E-state index contributed by atoms with van der Waals surface area (Å²) >= 11 is 6.16. The molecule has 1 aliphatic rings. The molecule has 7 heteroatoms. The van der Waals surface area contributed by atoms with E-state index >= 15 is 0 Å². The highest BCUT2D eigenvalue weighted by Gasteiger charge is 2.47. The molecule has 1 fully saturated rings. The van der Waals surface area contributed by atoms with E-state index in [9.17, 15) is 5.11 Å². The van der Waals surface area contributed by atoms with Crippen LogP contribution in [0.2, 0.25) is 5.02 Å². The Morgan fingerprint density at radius 3 is 2.43 bits per heavy atom. The lowest BCUT2D eigenvalue weighted by Gasteiger charge is -2.44. The van der Waals surface area contributed by atoms with Gasteiger partial charge in [0, 0.05) is 37.6 Å². The number of halogens is 1. The Morgan fingerprint density at radius 2 is 1.77 bits per heavy atom. The van der Waals surface area contributed by atoms with Crippen molar-refractivity contribution in [2.45, 2.75) is 18.4 Å². The average Bonchev–Trinajstić information content (AvgIpc) is 3.23. The molecule has 0 bridgehead atoms. The van der Waals surface area contributed by atoms with Gasteiger partial charge in [-0.1, -0.05) is 54.1 Å². The maximum atomic E-state index is 12.5. The van der Waals surface area contributed by atoms with Crippen molar-refractivity contribution in [3.05, 3.63) is 89.0 Å². The lowest BCUT2D eigenvalue weighted by molar-refractivity contribution is -0.0674. The highest BCUT2D eigenvalue weighted by atomic mass is 35.5. The van der Waals surface area contributed by atoms with Crippen molar-refractivity contribution >= 4 is 11.6 Å². The molecule has 0 amide bonds. The van der Waals surface area contributed by atoms with Crippen LogP contribution in [0.3, 0.4) is 0 Å². The molecule has 1 saturated heterocycles. The Hall–Kier alpha value is -2.22. The number of hydrogen-bond donors (Lipinski definition) is 1. The minimum atomic E-state index is -1.36. The lowest BCUT2D eigenvalue weighted by atomic mass is 9.78. The van der Waals surface area contributed by atoms with Crippen LogP contribution in [0, 0.1) is 0 Å². The maximum Gasteiger partial charge on any atom is 0.137 e. The van der Waals surface area contributed by atoms with Crippen molar-refractivity contribution in [2.24, 2.45) is 0 Å². The molecule has 0 radical (unpaired) electrons. The summed E-state index contributed by atoms with van der Waals surface area (Å²) in [4.78, 5) is 6.90. The molecule has 1 aliphatic heterocycles. The number of nitrogens with zero attached hydrogens (tertiary/aromatic N) is 3. The Morgan fingerprint density at radius 1 is 1.10 bits per heavy atom. The molecule has 2 atom stereocenters. The standard InChI is InChI=1S/C23H26ClN3O3/c1-29-17-27-12-11-25-22(27)21(26-13-15-30-16-14-26)23(28,18-5-3-2-4-6-18)19-7-9-20(24)10-8-19/h2-12,21,28H,13-17H2,1H3. The first-order chi connectivity index (χ1) is 14.6. The van der Waals surface area contributed by atoms with Gasteiger partial charge in [-0.25, -0.2) is 4.98 Å². The molecule has 2 heterocycles. The Balaban J connectivity index is 1.93. The van der Waals surface area contributed by atoms with E-state index in [1.165, 1.54) is 0 Å². The number of imidazole rings is 1. The normalized spacial score (nSPS) is 18.1. The van der Waals surface area contributed by atoms with E-state index in [0.717, 1.165) is 17.0 Å². The smallest absolute Gasteiger partial charge is 0.137 e. The molecule has 6 nitrogen and oxygen atoms in total. The summed E-state index contributed by atoms with van der Waals surface area (Å²) in [6.07, 6.45) is 3.62. The van der Waals surface area contributed by atoms with Crippen molar-refractivity contribution in [3.8, 4) is 0 Å². The fraction of sp³-hybridized carbons (Fsp3) is 0.348. The molecule has 1 aromatic heterocycles. The van der Waals surface area contributed by atoms with Gasteiger partial charge in [-0.05, 0) is 23.3 Å². The van der Waals surface area contributed by atoms with E-state index in [1.54, 1.807) is 13.3 Å². The van der Waals surface area contributed by atoms with Crippen LogP contribution in [-0.2, 0) is 21.8 Å². The lowest BCUT2D eigenvalue weighted by Crippen LogP contribution is -2.50. The number of morpholine rings is 1. The van der Waals surface area contributed by atoms with E-state index in [4.69, 9.17) is 21.1 Å². The van der Waals surface area contributed by atoms with Crippen molar-refractivity contribution in [2.75, 3.05) is 33.4 Å². The molecule has 4 rings (SSSR count). The van der Waals surface area contributed by atoms with Gasteiger partial charge in [0.15, 0.2) is 0 Å². The van der Waals surface area contributed by atoms with E-state index in [0.29, 0.717) is 38.1 Å². The van der Waals surface area contributed by atoms with Gasteiger partial charge in [-0.2, -0.15) is 0 Å². The first-order valence-electron chi connectivity index (χ1n) is 10.0. The Labute approximate surface area is 181 Å². The highest BCUT2D eigenvalue weighted by Crippen LogP contribution is 2.44. The van der Waals surface area contributed by atoms with Crippen LogP contribution in [-0.4, -0.2) is 53.0 Å². The van der Waals surface area contributed by atoms with Gasteiger partial charge >= 0.3 is 0 Å². The monoisotopic (exact) mass is 427 g/mol. The second-order valence-corrected chi connectivity index (χ2v) is 7.80. The summed E-state index contributed by atoms with van der Waals surface area (Å²) in [5.41, 5.74) is 0.178. The van der Waals surface area contributed by atoms with Gasteiger partial charge in [0.1, 0.15) is 24.2 Å². The molecular weight excluding hydrogens is 402 g/mol. The second-order valence-electron chi connectivity index (χ2n) is 7.36. The zero-order chi connectivity index (χ0) is 21.0. The minimum absolute atomic E-state index is 0.349. The van der Waals surface area contributed by atoms with Crippen molar-refractivity contribution in [3.63, 3.8) is 0 Å². The quantitative estimate of drug-likeness (QED) is 0.625.